The third-order valence-corrected chi connectivity index (χ3v) is 2.01. The molecule has 0 aliphatic rings. The maximum absolute atomic E-state index is 12.9. The Labute approximate surface area is 86.5 Å². The lowest BCUT2D eigenvalue weighted by molar-refractivity contribution is -0.138. The van der Waals surface area contributed by atoms with Gasteiger partial charge >= 0.3 is 5.97 Å². The van der Waals surface area contributed by atoms with Gasteiger partial charge in [-0.05, 0) is 23.3 Å². The molecule has 0 radical (unpaired) electrons. The fraction of sp³-hybridized carbons (Fsp3) is 0.300. The van der Waals surface area contributed by atoms with Crippen LogP contribution in [-0.2, 0) is 16.1 Å². The van der Waals surface area contributed by atoms with E-state index in [9.17, 15) is 9.18 Å². The van der Waals surface area contributed by atoms with Crippen molar-refractivity contribution in [1.82, 2.24) is 0 Å². The summed E-state index contributed by atoms with van der Waals surface area (Å²) < 4.78 is 17.8. The molecule has 0 amide bonds. The Balaban J connectivity index is 3.11. The van der Waals surface area contributed by atoms with E-state index < -0.39 is 17.8 Å². The monoisotopic (exact) mass is 213 g/mol. The second-order valence-electron chi connectivity index (χ2n) is 3.09. The minimum absolute atomic E-state index is 0.205. The van der Waals surface area contributed by atoms with Crippen molar-refractivity contribution in [2.45, 2.75) is 12.6 Å². The first-order valence-electron chi connectivity index (χ1n) is 4.32. The molecule has 0 spiro atoms. The number of carboxylic acid groups (broad SMARTS) is 1. The zero-order valence-electron chi connectivity index (χ0n) is 8.24. The van der Waals surface area contributed by atoms with Crippen molar-refractivity contribution >= 4 is 5.97 Å². The molecule has 0 aliphatic carbocycles. The Bertz CT molecular complexity index is 368. The summed E-state index contributed by atoms with van der Waals surface area (Å²) in [6, 6.07) is 2.60. The molecule has 1 aromatic rings. The lowest BCUT2D eigenvalue weighted by atomic mass is 10.0. The minimum atomic E-state index is -1.23. The van der Waals surface area contributed by atoms with Crippen LogP contribution in [0.15, 0.2) is 18.2 Å². The second-order valence-corrected chi connectivity index (χ2v) is 3.09. The second kappa shape index (κ2) is 4.86. The number of aliphatic carboxylic acids is 1. The van der Waals surface area contributed by atoms with E-state index in [0.29, 0.717) is 5.56 Å². The number of carbonyl (C=O) groups is 1. The van der Waals surface area contributed by atoms with Crippen LogP contribution in [0.25, 0.3) is 0 Å². The van der Waals surface area contributed by atoms with E-state index in [1.807, 2.05) is 0 Å². The van der Waals surface area contributed by atoms with Crippen LogP contribution in [-0.4, -0.2) is 18.2 Å². The number of halogens is 1. The summed E-state index contributed by atoms with van der Waals surface area (Å²) in [4.78, 5) is 10.7. The van der Waals surface area contributed by atoms with Gasteiger partial charge in [-0.2, -0.15) is 0 Å². The molecule has 4 nitrogen and oxygen atoms in total. The summed E-state index contributed by atoms with van der Waals surface area (Å²) in [5, 5.41) is 8.73. The number of ether oxygens (including phenoxy) is 1. The van der Waals surface area contributed by atoms with Crippen molar-refractivity contribution in [2.75, 3.05) is 7.11 Å². The van der Waals surface area contributed by atoms with Crippen LogP contribution in [0.3, 0.4) is 0 Å². The molecule has 82 valence electrons. The van der Waals surface area contributed by atoms with Crippen molar-refractivity contribution < 1.29 is 19.0 Å². The molecule has 1 rings (SSSR count). The number of benzene rings is 1. The molecule has 3 N–H and O–H groups in total. The van der Waals surface area contributed by atoms with Gasteiger partial charge in [0.25, 0.3) is 0 Å². The van der Waals surface area contributed by atoms with Gasteiger partial charge in [-0.3, -0.25) is 4.79 Å². The molecule has 1 unspecified atom stereocenters. The minimum Gasteiger partial charge on any atom is -0.480 e. The molecule has 0 bridgehead atoms. The molecule has 0 aliphatic heterocycles. The Morgan fingerprint density at radius 3 is 2.87 bits per heavy atom. The number of carboxylic acids is 1. The smallest absolute Gasteiger partial charge is 0.325 e. The van der Waals surface area contributed by atoms with E-state index in [2.05, 4.69) is 0 Å². The molecule has 1 aromatic carbocycles. The van der Waals surface area contributed by atoms with Gasteiger partial charge in [-0.25, -0.2) is 4.39 Å². The zero-order valence-corrected chi connectivity index (χ0v) is 8.24. The van der Waals surface area contributed by atoms with E-state index in [1.165, 1.54) is 19.2 Å². The van der Waals surface area contributed by atoms with Crippen LogP contribution in [0, 0.1) is 5.82 Å². The molecular weight excluding hydrogens is 201 g/mol. The van der Waals surface area contributed by atoms with E-state index in [0.717, 1.165) is 6.07 Å². The molecule has 0 aromatic heterocycles. The summed E-state index contributed by atoms with van der Waals surface area (Å²) >= 11 is 0. The zero-order chi connectivity index (χ0) is 11.4. The quantitative estimate of drug-likeness (QED) is 0.784. The van der Waals surface area contributed by atoms with Crippen molar-refractivity contribution in [3.05, 3.63) is 35.1 Å². The molecule has 0 fully saturated rings. The Kier molecular flexibility index (Phi) is 3.76. The average Bonchev–Trinajstić information content (AvgIpc) is 2.20. The Hall–Kier alpha value is -1.46. The van der Waals surface area contributed by atoms with Crippen molar-refractivity contribution in [2.24, 2.45) is 5.73 Å². The fourth-order valence-electron chi connectivity index (χ4n) is 1.28. The van der Waals surface area contributed by atoms with Crippen LogP contribution in [0.4, 0.5) is 4.39 Å². The molecule has 5 heteroatoms. The summed E-state index contributed by atoms with van der Waals surface area (Å²) in [5.74, 6) is -1.71. The van der Waals surface area contributed by atoms with Crippen LogP contribution in [0.5, 0.6) is 0 Å². The lowest BCUT2D eigenvalue weighted by Gasteiger charge is -2.12. The van der Waals surface area contributed by atoms with E-state index in [1.54, 1.807) is 0 Å². The van der Waals surface area contributed by atoms with Gasteiger partial charge in [0, 0.05) is 7.11 Å². The fourth-order valence-corrected chi connectivity index (χ4v) is 1.28. The average molecular weight is 213 g/mol. The molecule has 0 saturated carbocycles. The predicted octanol–water partition coefficient (Wildman–Crippen LogP) is 1.06. The van der Waals surface area contributed by atoms with Gasteiger partial charge < -0.3 is 15.6 Å². The van der Waals surface area contributed by atoms with Gasteiger partial charge in [-0.15, -0.1) is 0 Å². The molecule has 1 atom stereocenters. The van der Waals surface area contributed by atoms with Crippen LogP contribution in [0.1, 0.15) is 17.2 Å². The highest BCUT2D eigenvalue weighted by molar-refractivity contribution is 5.75. The Morgan fingerprint density at radius 2 is 2.33 bits per heavy atom. The first-order valence-corrected chi connectivity index (χ1v) is 4.32. The highest BCUT2D eigenvalue weighted by atomic mass is 19.1. The number of hydrogen-bond acceptors (Lipinski definition) is 3. The predicted molar refractivity (Wildman–Crippen MR) is 51.7 cm³/mol. The van der Waals surface area contributed by atoms with Crippen LogP contribution in [0.2, 0.25) is 0 Å². The van der Waals surface area contributed by atoms with Gasteiger partial charge in [0.1, 0.15) is 11.9 Å². The third-order valence-electron chi connectivity index (χ3n) is 2.01. The number of rotatable bonds is 4. The van der Waals surface area contributed by atoms with Gasteiger partial charge in [0.15, 0.2) is 0 Å². The van der Waals surface area contributed by atoms with Crippen molar-refractivity contribution in [3.63, 3.8) is 0 Å². The molecule has 0 heterocycles. The van der Waals surface area contributed by atoms with Gasteiger partial charge in [0.2, 0.25) is 0 Å². The standard InChI is InChI=1S/C10H12FNO3/c1-15-5-6-2-3-7(11)4-8(6)9(12)10(13)14/h2-4,9H,5,12H2,1H3,(H,13,14). The van der Waals surface area contributed by atoms with E-state index in [-0.39, 0.29) is 12.2 Å². The van der Waals surface area contributed by atoms with Crippen LogP contribution >= 0.6 is 0 Å². The number of methoxy groups -OCH3 is 1. The first kappa shape index (κ1) is 11.6. The maximum atomic E-state index is 12.9. The van der Waals surface area contributed by atoms with E-state index in [4.69, 9.17) is 15.6 Å². The number of hydrogen-bond donors (Lipinski definition) is 2. The lowest BCUT2D eigenvalue weighted by Crippen LogP contribution is -2.22. The molecule has 0 saturated heterocycles. The molecule has 15 heavy (non-hydrogen) atoms. The molecular formula is C10H12FNO3. The Morgan fingerprint density at radius 1 is 1.67 bits per heavy atom. The third kappa shape index (κ3) is 2.74. The normalized spacial score (nSPS) is 12.5. The maximum Gasteiger partial charge on any atom is 0.325 e. The summed E-state index contributed by atoms with van der Waals surface area (Å²) in [6.07, 6.45) is 0. The van der Waals surface area contributed by atoms with Gasteiger partial charge in [-0.1, -0.05) is 6.07 Å². The SMILES string of the molecule is COCc1ccc(F)cc1C(N)C(=O)O. The number of nitrogens with two attached hydrogens (primary N) is 1. The first-order chi connectivity index (χ1) is 7.06. The van der Waals surface area contributed by atoms with Crippen molar-refractivity contribution in [3.8, 4) is 0 Å². The highest BCUT2D eigenvalue weighted by Crippen LogP contribution is 2.18. The summed E-state index contributed by atoms with van der Waals surface area (Å²) in [7, 11) is 1.47. The topological polar surface area (TPSA) is 72.5 Å². The van der Waals surface area contributed by atoms with Crippen LogP contribution < -0.4 is 5.73 Å². The van der Waals surface area contributed by atoms with Gasteiger partial charge in [0.05, 0.1) is 6.61 Å². The summed E-state index contributed by atoms with van der Waals surface area (Å²) in [5.41, 5.74) is 6.23. The summed E-state index contributed by atoms with van der Waals surface area (Å²) in [6.45, 7) is 0.205. The largest absolute Gasteiger partial charge is 0.480 e. The van der Waals surface area contributed by atoms with Crippen molar-refractivity contribution in [1.29, 1.82) is 0 Å². The highest BCUT2D eigenvalue weighted by Gasteiger charge is 2.18. The van der Waals surface area contributed by atoms with E-state index >= 15 is 0 Å².